The summed E-state index contributed by atoms with van der Waals surface area (Å²) in [6.07, 6.45) is 2.36. The van der Waals surface area contributed by atoms with E-state index in [1.54, 1.807) is 24.3 Å². The lowest BCUT2D eigenvalue weighted by Gasteiger charge is -2.33. The van der Waals surface area contributed by atoms with Gasteiger partial charge in [0.05, 0.1) is 12.5 Å². The number of amides is 1. The van der Waals surface area contributed by atoms with Gasteiger partial charge in [-0.15, -0.1) is 0 Å². The molecule has 1 aliphatic heterocycles. The van der Waals surface area contributed by atoms with Crippen LogP contribution in [0.25, 0.3) is 0 Å². The Hall–Kier alpha value is -2.54. The van der Waals surface area contributed by atoms with Crippen LogP contribution in [0.5, 0.6) is 11.5 Å². The number of benzene rings is 1. The molecule has 136 valence electrons. The Kier molecular flexibility index (Phi) is 6.41. The van der Waals surface area contributed by atoms with Gasteiger partial charge in [0.2, 0.25) is 0 Å². The molecule has 1 aliphatic rings. The highest BCUT2D eigenvalue weighted by atomic mass is 16.5. The van der Waals surface area contributed by atoms with Gasteiger partial charge < -0.3 is 24.6 Å². The van der Waals surface area contributed by atoms with Crippen LogP contribution in [0.4, 0.5) is 0 Å². The zero-order chi connectivity index (χ0) is 18.3. The van der Waals surface area contributed by atoms with Gasteiger partial charge in [-0.2, -0.15) is 0 Å². The minimum Gasteiger partial charge on any atom is -0.493 e. The number of aliphatic carboxylic acids is 1. The van der Waals surface area contributed by atoms with E-state index in [1.807, 2.05) is 0 Å². The summed E-state index contributed by atoms with van der Waals surface area (Å²) in [4.78, 5) is 24.0. The summed E-state index contributed by atoms with van der Waals surface area (Å²) in [5.41, 5.74) is -0.610. The number of nitrogens with one attached hydrogen (secondary N) is 1. The van der Waals surface area contributed by atoms with Crippen LogP contribution in [0.15, 0.2) is 30.9 Å². The van der Waals surface area contributed by atoms with Crippen LogP contribution in [0.1, 0.15) is 23.2 Å². The summed E-state index contributed by atoms with van der Waals surface area (Å²) >= 11 is 0. The van der Waals surface area contributed by atoms with Gasteiger partial charge in [-0.25, -0.2) is 0 Å². The number of hydrogen-bond donors (Lipinski definition) is 2. The molecule has 0 saturated carbocycles. The van der Waals surface area contributed by atoms with E-state index in [9.17, 15) is 14.7 Å². The molecule has 1 aromatic carbocycles. The van der Waals surface area contributed by atoms with Gasteiger partial charge in [-0.3, -0.25) is 9.59 Å². The van der Waals surface area contributed by atoms with Crippen molar-refractivity contribution in [2.24, 2.45) is 5.41 Å². The van der Waals surface area contributed by atoms with Crippen LogP contribution in [0.3, 0.4) is 0 Å². The topological polar surface area (TPSA) is 94.1 Å². The van der Waals surface area contributed by atoms with E-state index in [1.165, 1.54) is 7.11 Å². The molecule has 1 amide bonds. The maximum atomic E-state index is 12.4. The third-order valence-corrected chi connectivity index (χ3v) is 4.27. The molecule has 1 aromatic rings. The first-order valence-electron chi connectivity index (χ1n) is 8.03. The zero-order valence-corrected chi connectivity index (χ0v) is 14.2. The molecule has 7 heteroatoms. The van der Waals surface area contributed by atoms with E-state index in [0.29, 0.717) is 49.7 Å². The van der Waals surface area contributed by atoms with Gasteiger partial charge in [-0.05, 0) is 31.0 Å². The molecule has 0 atom stereocenters. The van der Waals surface area contributed by atoms with E-state index in [0.717, 1.165) is 0 Å². The van der Waals surface area contributed by atoms with Crippen LogP contribution < -0.4 is 14.8 Å². The van der Waals surface area contributed by atoms with E-state index in [2.05, 4.69) is 11.9 Å². The second-order valence-electron chi connectivity index (χ2n) is 5.85. The lowest BCUT2D eigenvalue weighted by Crippen LogP contribution is -2.46. The van der Waals surface area contributed by atoms with Crippen LogP contribution in [0.2, 0.25) is 0 Å². The molecule has 0 aromatic heterocycles. The number of carbonyl (C=O) groups is 2. The van der Waals surface area contributed by atoms with Gasteiger partial charge in [0.1, 0.15) is 6.61 Å². The van der Waals surface area contributed by atoms with Crippen LogP contribution in [-0.4, -0.2) is 50.5 Å². The monoisotopic (exact) mass is 349 g/mol. The van der Waals surface area contributed by atoms with Gasteiger partial charge in [0.25, 0.3) is 5.91 Å². The largest absolute Gasteiger partial charge is 0.493 e. The number of carbonyl (C=O) groups excluding carboxylic acids is 1. The molecule has 1 fully saturated rings. The van der Waals surface area contributed by atoms with Crippen molar-refractivity contribution in [1.29, 1.82) is 0 Å². The lowest BCUT2D eigenvalue weighted by molar-refractivity contribution is -0.154. The van der Waals surface area contributed by atoms with Crippen molar-refractivity contribution < 1.29 is 28.9 Å². The first-order valence-corrected chi connectivity index (χ1v) is 8.03. The maximum Gasteiger partial charge on any atom is 0.311 e. The molecule has 0 aliphatic carbocycles. The Bertz CT molecular complexity index is 636. The smallest absolute Gasteiger partial charge is 0.311 e. The number of hydrogen-bond acceptors (Lipinski definition) is 5. The van der Waals surface area contributed by atoms with Crippen molar-refractivity contribution in [2.45, 2.75) is 12.8 Å². The molecule has 2 N–H and O–H groups in total. The van der Waals surface area contributed by atoms with Crippen molar-refractivity contribution in [3.63, 3.8) is 0 Å². The number of ether oxygens (including phenoxy) is 3. The van der Waals surface area contributed by atoms with E-state index in [-0.39, 0.29) is 12.5 Å². The third-order valence-electron chi connectivity index (χ3n) is 4.27. The molecular weight excluding hydrogens is 326 g/mol. The number of carboxylic acid groups (broad SMARTS) is 1. The molecular formula is C18H23NO6. The minimum atomic E-state index is -0.981. The van der Waals surface area contributed by atoms with Gasteiger partial charge in [0.15, 0.2) is 11.5 Å². The highest BCUT2D eigenvalue weighted by Gasteiger charge is 2.40. The number of methoxy groups -OCH3 is 1. The normalized spacial score (nSPS) is 15.9. The predicted octanol–water partition coefficient (Wildman–Crippen LogP) is 1.87. The molecule has 1 saturated heterocycles. The first kappa shape index (κ1) is 18.8. The SMILES string of the molecule is C=CCOc1ccc(C(=O)NCC2(C(=O)O)CCOCC2)cc1OC. The van der Waals surface area contributed by atoms with Crippen molar-refractivity contribution in [2.75, 3.05) is 33.5 Å². The van der Waals surface area contributed by atoms with Gasteiger partial charge >= 0.3 is 5.97 Å². The Morgan fingerprint density at radius 2 is 2.08 bits per heavy atom. The van der Waals surface area contributed by atoms with Crippen molar-refractivity contribution in [3.8, 4) is 11.5 Å². The predicted molar refractivity (Wildman–Crippen MR) is 91.1 cm³/mol. The Balaban J connectivity index is 2.07. The molecule has 7 nitrogen and oxygen atoms in total. The summed E-state index contributed by atoms with van der Waals surface area (Å²) in [6.45, 7) is 4.72. The molecule has 0 unspecified atom stereocenters. The van der Waals surface area contributed by atoms with Crippen molar-refractivity contribution >= 4 is 11.9 Å². The second kappa shape index (κ2) is 8.53. The molecule has 1 heterocycles. The van der Waals surface area contributed by atoms with Crippen LogP contribution in [-0.2, 0) is 9.53 Å². The maximum absolute atomic E-state index is 12.4. The van der Waals surface area contributed by atoms with Gasteiger partial charge in [-0.1, -0.05) is 12.7 Å². The summed E-state index contributed by atoms with van der Waals surface area (Å²) < 4.78 is 15.9. The van der Waals surface area contributed by atoms with Gasteiger partial charge in [0, 0.05) is 25.3 Å². The van der Waals surface area contributed by atoms with E-state index >= 15 is 0 Å². The summed E-state index contributed by atoms with van der Waals surface area (Å²) in [7, 11) is 1.49. The summed E-state index contributed by atoms with van der Waals surface area (Å²) in [5, 5.41) is 12.2. The molecule has 0 spiro atoms. The average molecular weight is 349 g/mol. The molecule has 25 heavy (non-hydrogen) atoms. The second-order valence-corrected chi connectivity index (χ2v) is 5.85. The van der Waals surface area contributed by atoms with Crippen molar-refractivity contribution in [3.05, 3.63) is 36.4 Å². The van der Waals surface area contributed by atoms with Crippen molar-refractivity contribution in [1.82, 2.24) is 5.32 Å². The van der Waals surface area contributed by atoms with E-state index in [4.69, 9.17) is 14.2 Å². The van der Waals surface area contributed by atoms with Crippen LogP contribution in [0, 0.1) is 5.41 Å². The molecule has 0 radical (unpaired) electrons. The summed E-state index contributed by atoms with van der Waals surface area (Å²) in [5.74, 6) is -0.346. The standard InChI is InChI=1S/C18H23NO6/c1-3-8-25-14-5-4-13(11-15(14)23-2)16(20)19-12-18(17(21)22)6-9-24-10-7-18/h3-5,11H,1,6-10,12H2,2H3,(H,19,20)(H,21,22). The fraction of sp³-hybridized carbons (Fsp3) is 0.444. The van der Waals surface area contributed by atoms with E-state index < -0.39 is 11.4 Å². The first-order chi connectivity index (χ1) is 12.0. The molecule has 2 rings (SSSR count). The quantitative estimate of drug-likeness (QED) is 0.696. The number of carboxylic acids is 1. The Morgan fingerprint density at radius 3 is 2.68 bits per heavy atom. The zero-order valence-electron chi connectivity index (χ0n) is 14.2. The Labute approximate surface area is 146 Å². The average Bonchev–Trinajstić information content (AvgIpc) is 2.64. The highest BCUT2D eigenvalue weighted by molar-refractivity contribution is 5.95. The lowest BCUT2D eigenvalue weighted by atomic mass is 9.80. The van der Waals surface area contributed by atoms with Crippen LogP contribution >= 0.6 is 0 Å². The summed E-state index contributed by atoms with van der Waals surface area (Å²) in [6, 6.07) is 4.80. The fourth-order valence-electron chi connectivity index (χ4n) is 2.66. The third kappa shape index (κ3) is 4.51. The Morgan fingerprint density at radius 1 is 1.36 bits per heavy atom. The highest BCUT2D eigenvalue weighted by Crippen LogP contribution is 2.31. The fourth-order valence-corrected chi connectivity index (χ4v) is 2.66. The number of rotatable bonds is 8. The molecule has 0 bridgehead atoms. The minimum absolute atomic E-state index is 0.0571.